The van der Waals surface area contributed by atoms with Crippen LogP contribution in [0.2, 0.25) is 0 Å². The van der Waals surface area contributed by atoms with Crippen LogP contribution >= 0.6 is 15.9 Å². The number of hydrogen-bond acceptors (Lipinski definition) is 2. The quantitative estimate of drug-likeness (QED) is 0.927. The summed E-state index contributed by atoms with van der Waals surface area (Å²) in [7, 11) is 1.78. The third-order valence-electron chi connectivity index (χ3n) is 2.63. The third-order valence-corrected chi connectivity index (χ3v) is 3.21. The van der Waals surface area contributed by atoms with Gasteiger partial charge in [0.1, 0.15) is 0 Å². The maximum Gasteiger partial charge on any atom is 0.277 e. The average molecular weight is 308 g/mol. The minimum Gasteiger partial charge on any atom is -0.320 e. The highest BCUT2D eigenvalue weighted by molar-refractivity contribution is 9.10. The van der Waals surface area contributed by atoms with E-state index < -0.39 is 0 Å². The normalized spacial score (nSPS) is 10.4. The van der Waals surface area contributed by atoms with Gasteiger partial charge in [-0.3, -0.25) is 9.48 Å². The van der Waals surface area contributed by atoms with Gasteiger partial charge in [-0.15, -0.1) is 0 Å². The Balaban J connectivity index is 2.24. The van der Waals surface area contributed by atoms with Crippen LogP contribution in [0.25, 0.3) is 0 Å². The molecular weight excluding hydrogens is 294 g/mol. The third kappa shape index (κ3) is 2.61. The molecule has 18 heavy (non-hydrogen) atoms. The zero-order valence-electron chi connectivity index (χ0n) is 10.5. The number of aryl methyl sites for hydroxylation is 3. The fourth-order valence-corrected chi connectivity index (χ4v) is 2.30. The van der Waals surface area contributed by atoms with E-state index in [2.05, 4.69) is 26.3 Å². The van der Waals surface area contributed by atoms with E-state index in [1.807, 2.05) is 32.0 Å². The summed E-state index contributed by atoms with van der Waals surface area (Å²) in [6, 6.07) is 5.90. The van der Waals surface area contributed by atoms with Gasteiger partial charge >= 0.3 is 0 Å². The van der Waals surface area contributed by atoms with E-state index in [4.69, 9.17) is 0 Å². The van der Waals surface area contributed by atoms with Crippen molar-refractivity contribution >= 4 is 27.5 Å². The van der Waals surface area contributed by atoms with E-state index in [9.17, 15) is 4.79 Å². The van der Waals surface area contributed by atoms with Crippen molar-refractivity contribution in [2.45, 2.75) is 13.8 Å². The number of halogens is 1. The van der Waals surface area contributed by atoms with Gasteiger partial charge in [-0.1, -0.05) is 17.7 Å². The number of benzene rings is 1. The summed E-state index contributed by atoms with van der Waals surface area (Å²) in [6.45, 7) is 3.99. The van der Waals surface area contributed by atoms with E-state index in [1.54, 1.807) is 17.9 Å². The molecule has 0 aliphatic rings. The Hall–Kier alpha value is -1.62. The molecule has 1 amide bonds. The van der Waals surface area contributed by atoms with Crippen LogP contribution < -0.4 is 5.32 Å². The van der Waals surface area contributed by atoms with Crippen LogP contribution in [-0.4, -0.2) is 15.7 Å². The number of amides is 1. The predicted octanol–water partition coefficient (Wildman–Crippen LogP) is 3.05. The monoisotopic (exact) mass is 307 g/mol. The molecule has 1 aromatic heterocycles. The molecule has 0 aliphatic carbocycles. The van der Waals surface area contributed by atoms with Crippen molar-refractivity contribution in [3.8, 4) is 0 Å². The molecule has 0 radical (unpaired) electrons. The zero-order valence-corrected chi connectivity index (χ0v) is 12.1. The van der Waals surface area contributed by atoms with Gasteiger partial charge in [0.2, 0.25) is 0 Å². The first-order valence-electron chi connectivity index (χ1n) is 5.55. The minimum absolute atomic E-state index is 0.213. The van der Waals surface area contributed by atoms with Gasteiger partial charge in [-0.05, 0) is 41.4 Å². The van der Waals surface area contributed by atoms with Gasteiger partial charge < -0.3 is 5.32 Å². The molecule has 0 aliphatic heterocycles. The van der Waals surface area contributed by atoms with Crippen molar-refractivity contribution < 1.29 is 4.79 Å². The molecule has 0 unspecified atom stereocenters. The van der Waals surface area contributed by atoms with Gasteiger partial charge in [-0.25, -0.2) is 0 Å². The molecule has 0 spiro atoms. The maximum atomic E-state index is 12.1. The molecule has 0 atom stereocenters. The van der Waals surface area contributed by atoms with Gasteiger partial charge in [0.05, 0.1) is 4.47 Å². The number of nitrogens with zero attached hydrogens (tertiary/aromatic N) is 2. The Kier molecular flexibility index (Phi) is 3.52. The molecule has 2 rings (SSSR count). The lowest BCUT2D eigenvalue weighted by molar-refractivity contribution is 0.102. The van der Waals surface area contributed by atoms with Crippen molar-refractivity contribution in [1.29, 1.82) is 0 Å². The van der Waals surface area contributed by atoms with Crippen molar-refractivity contribution in [3.63, 3.8) is 0 Å². The van der Waals surface area contributed by atoms with E-state index in [0.29, 0.717) is 10.2 Å². The van der Waals surface area contributed by atoms with Gasteiger partial charge in [0.25, 0.3) is 5.91 Å². The molecule has 0 bridgehead atoms. The van der Waals surface area contributed by atoms with Crippen LogP contribution in [0.3, 0.4) is 0 Å². The first-order valence-corrected chi connectivity index (χ1v) is 6.34. The Morgan fingerprint density at radius 3 is 2.67 bits per heavy atom. The van der Waals surface area contributed by atoms with Crippen molar-refractivity contribution in [3.05, 3.63) is 45.7 Å². The maximum absolute atomic E-state index is 12.1. The van der Waals surface area contributed by atoms with Crippen LogP contribution in [0, 0.1) is 13.8 Å². The summed E-state index contributed by atoms with van der Waals surface area (Å²) in [4.78, 5) is 12.1. The molecule has 0 saturated carbocycles. The fraction of sp³-hybridized carbons (Fsp3) is 0.231. The number of nitrogens with one attached hydrogen (secondary N) is 1. The van der Waals surface area contributed by atoms with Crippen LogP contribution in [0.15, 0.2) is 28.9 Å². The number of anilines is 1. The molecule has 0 fully saturated rings. The first kappa shape index (κ1) is 12.8. The molecule has 2 aromatic rings. The largest absolute Gasteiger partial charge is 0.320 e. The van der Waals surface area contributed by atoms with Crippen molar-refractivity contribution in [1.82, 2.24) is 9.78 Å². The molecule has 4 nitrogen and oxygen atoms in total. The summed E-state index contributed by atoms with van der Waals surface area (Å²) in [5, 5.41) is 6.97. The highest BCUT2D eigenvalue weighted by atomic mass is 79.9. The van der Waals surface area contributed by atoms with E-state index in [-0.39, 0.29) is 5.91 Å². The van der Waals surface area contributed by atoms with Crippen LogP contribution in [0.5, 0.6) is 0 Å². The number of carbonyl (C=O) groups is 1. The first-order chi connectivity index (χ1) is 8.47. The van der Waals surface area contributed by atoms with Gasteiger partial charge in [-0.2, -0.15) is 5.10 Å². The molecule has 0 saturated heterocycles. The standard InChI is InChI=1S/C13H14BrN3O/c1-8-4-5-11(9(2)6-8)15-13(18)12-10(14)7-17(3)16-12/h4-7H,1-3H3,(H,15,18). The second-order valence-electron chi connectivity index (χ2n) is 4.27. The number of carbonyl (C=O) groups excluding carboxylic acids is 1. The van der Waals surface area contributed by atoms with Crippen molar-refractivity contribution in [2.75, 3.05) is 5.32 Å². The zero-order chi connectivity index (χ0) is 13.3. The van der Waals surface area contributed by atoms with E-state index in [0.717, 1.165) is 11.3 Å². The van der Waals surface area contributed by atoms with Crippen molar-refractivity contribution in [2.24, 2.45) is 7.05 Å². The Labute approximate surface area is 114 Å². The Bertz CT molecular complexity index is 604. The Morgan fingerprint density at radius 2 is 2.11 bits per heavy atom. The SMILES string of the molecule is Cc1ccc(NC(=O)c2nn(C)cc2Br)c(C)c1. The van der Waals surface area contributed by atoms with Crippen LogP contribution in [-0.2, 0) is 7.05 Å². The minimum atomic E-state index is -0.213. The van der Waals surface area contributed by atoms with Crippen LogP contribution in [0.1, 0.15) is 21.6 Å². The lowest BCUT2D eigenvalue weighted by Gasteiger charge is -2.08. The fourth-order valence-electron chi connectivity index (χ4n) is 1.75. The summed E-state index contributed by atoms with van der Waals surface area (Å²) in [6.07, 6.45) is 1.75. The predicted molar refractivity (Wildman–Crippen MR) is 74.8 cm³/mol. The highest BCUT2D eigenvalue weighted by Gasteiger charge is 2.15. The molecule has 1 N–H and O–H groups in total. The summed E-state index contributed by atoms with van der Waals surface area (Å²) in [5.74, 6) is -0.213. The topological polar surface area (TPSA) is 46.9 Å². The number of aromatic nitrogens is 2. The summed E-state index contributed by atoms with van der Waals surface area (Å²) in [5.41, 5.74) is 3.40. The molecule has 1 heterocycles. The molecule has 5 heteroatoms. The number of hydrogen-bond donors (Lipinski definition) is 1. The van der Waals surface area contributed by atoms with Gasteiger partial charge in [0, 0.05) is 18.9 Å². The highest BCUT2D eigenvalue weighted by Crippen LogP contribution is 2.19. The lowest BCUT2D eigenvalue weighted by Crippen LogP contribution is -2.14. The lowest BCUT2D eigenvalue weighted by atomic mass is 10.1. The van der Waals surface area contributed by atoms with E-state index >= 15 is 0 Å². The molecule has 1 aromatic carbocycles. The second kappa shape index (κ2) is 4.94. The second-order valence-corrected chi connectivity index (χ2v) is 5.13. The Morgan fingerprint density at radius 1 is 1.39 bits per heavy atom. The molecule has 94 valence electrons. The summed E-state index contributed by atoms with van der Waals surface area (Å²) < 4.78 is 2.29. The van der Waals surface area contributed by atoms with E-state index in [1.165, 1.54) is 5.56 Å². The smallest absolute Gasteiger partial charge is 0.277 e. The summed E-state index contributed by atoms with van der Waals surface area (Å²) >= 11 is 3.32. The number of rotatable bonds is 2. The van der Waals surface area contributed by atoms with Crippen LogP contribution in [0.4, 0.5) is 5.69 Å². The molecular formula is C13H14BrN3O. The van der Waals surface area contributed by atoms with Gasteiger partial charge in [0.15, 0.2) is 5.69 Å². The average Bonchev–Trinajstić information content (AvgIpc) is 2.62.